The third-order valence-electron chi connectivity index (χ3n) is 25.4. The van der Waals surface area contributed by atoms with Gasteiger partial charge in [-0.25, -0.2) is 34.5 Å². The lowest BCUT2D eigenvalue weighted by atomic mass is 9.88. The van der Waals surface area contributed by atoms with Gasteiger partial charge in [0.25, 0.3) is 5.91 Å². The Labute approximate surface area is 653 Å². The lowest BCUT2D eigenvalue weighted by molar-refractivity contribution is -0.136. The third-order valence-corrected chi connectivity index (χ3v) is 25.4. The van der Waals surface area contributed by atoms with Crippen LogP contribution in [0.2, 0.25) is 0 Å². The number of aromatic nitrogens is 7. The van der Waals surface area contributed by atoms with Crippen LogP contribution in [0.3, 0.4) is 0 Å². The second-order valence-electron chi connectivity index (χ2n) is 32.4. The molecule has 7 amide bonds. The molecule has 4 aromatic heterocycles. The Morgan fingerprint density at radius 2 is 1.15 bits per heavy atom. The number of nitrogens with one attached hydrogen (secondary N) is 4. The van der Waals surface area contributed by atoms with E-state index in [9.17, 15) is 33.6 Å². The normalized spacial score (nSPS) is 22.4. The Balaban J connectivity index is 0.500. The maximum Gasteiger partial charge on any atom is 0.329 e. The highest BCUT2D eigenvalue weighted by molar-refractivity contribution is 6.02. The quantitative estimate of drug-likeness (QED) is 0.0286. The number of nitrogens with two attached hydrogens (primary N) is 2. The number of nitrogens with zero attached hydrogens (tertiary/aromatic N) is 16. The van der Waals surface area contributed by atoms with Gasteiger partial charge in [-0.3, -0.25) is 43.7 Å². The van der Waals surface area contributed by atoms with E-state index in [1.54, 1.807) is 28.9 Å². The second kappa shape index (κ2) is 33.2. The molecule has 0 saturated carbocycles. The van der Waals surface area contributed by atoms with Crippen LogP contribution < -0.4 is 62.9 Å². The van der Waals surface area contributed by atoms with Crippen molar-refractivity contribution in [2.75, 3.05) is 154 Å². The summed E-state index contributed by atoms with van der Waals surface area (Å²) in [4.78, 5) is 133. The van der Waals surface area contributed by atoms with E-state index >= 15 is 0 Å². The van der Waals surface area contributed by atoms with E-state index in [2.05, 4.69) is 98.1 Å². The van der Waals surface area contributed by atoms with Crippen LogP contribution >= 0.6 is 0 Å². The molecule has 0 aliphatic carbocycles. The van der Waals surface area contributed by atoms with Crippen LogP contribution in [0.25, 0.3) is 11.0 Å². The summed E-state index contributed by atoms with van der Waals surface area (Å²) in [6, 6.07) is 26.3. The van der Waals surface area contributed by atoms with E-state index in [0.29, 0.717) is 123 Å². The highest BCUT2D eigenvalue weighted by Crippen LogP contribution is 2.38. The zero-order valence-electron chi connectivity index (χ0n) is 64.6. The number of aryl methyl sites for hydroxylation is 1. The highest BCUT2D eigenvalue weighted by Gasteiger charge is 2.38. The highest BCUT2D eigenvalue weighted by atomic mass is 16.5. The Morgan fingerprint density at radius 3 is 1.75 bits per heavy atom. The summed E-state index contributed by atoms with van der Waals surface area (Å²) >= 11 is 0. The molecule has 4 atom stereocenters. The molecule has 0 spiro atoms. The Bertz CT molecular complexity index is 4630. The number of anilines is 9. The Kier molecular flexibility index (Phi) is 22.4. The van der Waals surface area contributed by atoms with Crippen molar-refractivity contribution in [3.8, 4) is 0 Å². The monoisotopic (exact) mass is 1530 g/mol. The van der Waals surface area contributed by atoms with E-state index in [4.69, 9.17) is 36.1 Å². The van der Waals surface area contributed by atoms with Gasteiger partial charge in [-0.2, -0.15) is 0 Å². The van der Waals surface area contributed by atoms with Gasteiger partial charge in [-0.05, 0) is 205 Å². The first-order valence-corrected chi connectivity index (χ1v) is 40.6. The molecule has 9 saturated heterocycles. The number of primary amides is 1. The van der Waals surface area contributed by atoms with Gasteiger partial charge in [0, 0.05) is 130 Å². The molecule has 30 heteroatoms. The number of hydrogen-bond donors (Lipinski definition) is 6. The van der Waals surface area contributed by atoms with E-state index in [1.165, 1.54) is 15.7 Å². The van der Waals surface area contributed by atoms with Crippen molar-refractivity contribution < 1.29 is 33.5 Å². The number of amides is 7. The van der Waals surface area contributed by atoms with Crippen LogP contribution in [-0.2, 0) is 31.0 Å². The maximum absolute atomic E-state index is 13.4. The predicted molar refractivity (Wildman–Crippen MR) is 429 cm³/mol. The molecule has 16 rings (SSSR count). The minimum absolute atomic E-state index is 0.0577. The third kappa shape index (κ3) is 16.6. The van der Waals surface area contributed by atoms with Crippen LogP contribution in [-0.4, -0.2) is 226 Å². The van der Waals surface area contributed by atoms with E-state index < -0.39 is 24.1 Å². The van der Waals surface area contributed by atoms with Crippen molar-refractivity contribution >= 4 is 98.4 Å². The number of ether oxygens (including phenoxy) is 1. The van der Waals surface area contributed by atoms with Crippen LogP contribution in [0.1, 0.15) is 154 Å². The number of piperidine rings is 8. The molecule has 9 aliphatic heterocycles. The van der Waals surface area contributed by atoms with Gasteiger partial charge in [0.2, 0.25) is 23.6 Å². The van der Waals surface area contributed by atoms with Crippen molar-refractivity contribution in [1.29, 1.82) is 0 Å². The van der Waals surface area contributed by atoms with Crippen LogP contribution in [0.4, 0.5) is 56.6 Å². The molecule has 0 radical (unpaired) electrons. The van der Waals surface area contributed by atoms with Gasteiger partial charge >= 0.3 is 11.7 Å². The number of benzene rings is 3. The molecule has 7 aromatic rings. The average Bonchev–Trinajstić information content (AvgIpc) is 1.60. The molecule has 9 fully saturated rings. The zero-order valence-corrected chi connectivity index (χ0v) is 64.6. The minimum atomic E-state index is -0.902. The second-order valence-corrected chi connectivity index (χ2v) is 32.4. The van der Waals surface area contributed by atoms with Gasteiger partial charge in [0.1, 0.15) is 35.2 Å². The summed E-state index contributed by atoms with van der Waals surface area (Å²) in [5.74, 6) is 3.31. The summed E-state index contributed by atoms with van der Waals surface area (Å²) in [7, 11) is 5.48. The molecule has 30 nitrogen and oxygen atoms in total. The maximum atomic E-state index is 13.4. The molecule has 9 aliphatic rings. The number of rotatable bonds is 22. The summed E-state index contributed by atoms with van der Waals surface area (Å²) < 4.78 is 9.85. The fourth-order valence-corrected chi connectivity index (χ4v) is 18.6. The number of pyridine rings is 1. The molecule has 3 aromatic carbocycles. The molecule has 3 unspecified atom stereocenters. The summed E-state index contributed by atoms with van der Waals surface area (Å²) in [5, 5.41) is 11.9. The number of hydrogen-bond acceptors (Lipinski definition) is 23. The fourth-order valence-electron chi connectivity index (χ4n) is 18.6. The van der Waals surface area contributed by atoms with Gasteiger partial charge in [0.15, 0.2) is 23.6 Å². The van der Waals surface area contributed by atoms with Gasteiger partial charge in [0.05, 0.1) is 47.5 Å². The van der Waals surface area contributed by atoms with E-state index in [-0.39, 0.29) is 59.7 Å². The first kappa shape index (κ1) is 75.7. The standard InChI is InChI=1S/C82H106N22O8/c1-94-43-44-103(81(94)110)62-5-4-32-102(51-62)70-48-87-74(78(91-70)89-59-12-8-55(9-13-59)57-28-35-98(36-29-57)50-53-24-39-100(40-25-53)68-19-15-61(46-85-68)95(2)65-17-20-71(105)92-79(65)108)76(84)112-63-30-41-101(42-31-63)69-47-86-73(75(83)107)77(90-69)88-58-10-6-54(7-11-58)56-26-33-97(34-27-56)49-52-22-37-99(38-23-52)60-14-16-64-67(45-60)96(3)82(111)104(64)66-18-21-72(106)93-80(66)109/h6-16,19,45-48,52-53,56-57,62-63,65-66,76H,4-5,17-18,20-44,49-51,84H2,1-3H3,(H2,83,107)(H,88,90)(H,89,91)(H,92,105,108)(H,93,106,109)/t62-,65?,66?,76?/m1/s1. The number of fused-ring (bicyclic) bond motifs is 1. The number of imide groups is 2. The predicted octanol–water partition coefficient (Wildman–Crippen LogP) is 7.29. The van der Waals surface area contributed by atoms with Crippen molar-refractivity contribution in [1.82, 2.24) is 64.3 Å². The number of carbonyl (C=O) groups excluding carboxylic acids is 6. The lowest BCUT2D eigenvalue weighted by Crippen LogP contribution is -2.51. The number of likely N-dealkylation sites (tertiary alicyclic amines) is 2. The number of urea groups is 1. The number of imidazole rings is 1. The van der Waals surface area contributed by atoms with Crippen molar-refractivity contribution in [2.45, 2.75) is 145 Å². The average molecular weight is 1530 g/mol. The van der Waals surface area contributed by atoms with Crippen molar-refractivity contribution in [3.63, 3.8) is 0 Å². The topological polar surface area (TPSA) is 332 Å². The summed E-state index contributed by atoms with van der Waals surface area (Å²) in [6.07, 6.45) is 17.3. The number of likely N-dealkylation sites (N-methyl/N-ethyl adjacent to an activating group) is 2. The lowest BCUT2D eigenvalue weighted by Gasteiger charge is -2.38. The SMILES string of the molecule is CN1CCN([C@@H]2CCCN(c3cnc(C(N)OC4CCN(c5cnc(C(N)=O)c(Nc6ccc(C7CCN(CC8CCN(c9ccc%10c(c9)n(C)c(=O)n%10C9CCC(=O)NC9=O)CC8)CC7)cc6)n5)CC4)c(Nc4ccc(C5CCN(CC6CCN(c7ccc(N(C)C8CCC(=O)NC8=O)cn7)CC6)CC5)cc4)n3)C2)C1=O. The molecular weight excluding hydrogens is 1420 g/mol. The molecule has 112 heavy (non-hydrogen) atoms. The van der Waals surface area contributed by atoms with Crippen molar-refractivity contribution in [2.24, 2.45) is 30.4 Å². The smallest absolute Gasteiger partial charge is 0.329 e. The van der Waals surface area contributed by atoms with E-state index in [1.807, 2.05) is 66.5 Å². The fraction of sp³-hybridized carbons (Fsp3) is 0.537. The molecule has 8 N–H and O–H groups in total. The Morgan fingerprint density at radius 1 is 0.571 bits per heavy atom. The number of carbonyl (C=O) groups is 6. The van der Waals surface area contributed by atoms with Gasteiger partial charge in [-0.15, -0.1) is 0 Å². The molecule has 13 heterocycles. The molecule has 592 valence electrons. The Hall–Kier alpha value is -10.3. The van der Waals surface area contributed by atoms with Gasteiger partial charge < -0.3 is 70.9 Å². The molecule has 0 bridgehead atoms. The summed E-state index contributed by atoms with van der Waals surface area (Å²) in [5.41, 5.74) is 20.9. The van der Waals surface area contributed by atoms with Crippen LogP contribution in [0.15, 0.2) is 102 Å². The van der Waals surface area contributed by atoms with Crippen LogP contribution in [0, 0.1) is 11.8 Å². The van der Waals surface area contributed by atoms with Gasteiger partial charge in [-0.1, -0.05) is 24.3 Å². The molecular formula is C82H106N22O8. The van der Waals surface area contributed by atoms with Crippen molar-refractivity contribution in [3.05, 3.63) is 130 Å². The largest absolute Gasteiger partial charge is 0.371 e. The summed E-state index contributed by atoms with van der Waals surface area (Å²) in [6.45, 7) is 14.2. The van der Waals surface area contributed by atoms with Crippen LogP contribution in [0.5, 0.6) is 0 Å². The zero-order chi connectivity index (χ0) is 77.3. The first-order chi connectivity index (χ1) is 54.4. The minimum Gasteiger partial charge on any atom is -0.371 e. The van der Waals surface area contributed by atoms with E-state index in [0.717, 1.165) is 170 Å². The first-order valence-electron chi connectivity index (χ1n) is 40.6.